The van der Waals surface area contributed by atoms with Crippen molar-refractivity contribution < 1.29 is 18.1 Å². The molecular formula is C15H15BrF2N2O2. The van der Waals surface area contributed by atoms with Crippen LogP contribution in [-0.2, 0) is 11.2 Å². The highest BCUT2D eigenvalue weighted by Gasteiger charge is 2.16. The van der Waals surface area contributed by atoms with Gasteiger partial charge >= 0.3 is 0 Å². The van der Waals surface area contributed by atoms with Crippen molar-refractivity contribution in [2.75, 3.05) is 5.32 Å². The summed E-state index contributed by atoms with van der Waals surface area (Å²) < 4.78 is 31.5. The van der Waals surface area contributed by atoms with Crippen LogP contribution in [0.3, 0.4) is 0 Å². The van der Waals surface area contributed by atoms with Crippen LogP contribution in [0.15, 0.2) is 27.2 Å². The molecule has 0 unspecified atom stereocenters. The zero-order valence-corrected chi connectivity index (χ0v) is 13.7. The number of nitrogens with zero attached hydrogens (tertiary/aromatic N) is 1. The molecular weight excluding hydrogens is 358 g/mol. The van der Waals surface area contributed by atoms with Crippen molar-refractivity contribution in [2.24, 2.45) is 0 Å². The van der Waals surface area contributed by atoms with E-state index in [1.807, 2.05) is 0 Å². The second kappa shape index (κ2) is 7.00. The second-order valence-corrected chi connectivity index (χ2v) is 5.80. The van der Waals surface area contributed by atoms with Crippen molar-refractivity contribution in [3.05, 3.63) is 45.3 Å². The highest BCUT2D eigenvalue weighted by molar-refractivity contribution is 9.10. The van der Waals surface area contributed by atoms with Crippen LogP contribution in [-0.4, -0.2) is 11.1 Å². The summed E-state index contributed by atoms with van der Waals surface area (Å²) in [5.74, 6) is 0.334. The molecule has 2 aromatic rings. The molecule has 1 amide bonds. The summed E-state index contributed by atoms with van der Waals surface area (Å²) in [5, 5.41) is 6.35. The molecule has 0 saturated heterocycles. The lowest BCUT2D eigenvalue weighted by atomic mass is 10.1. The van der Waals surface area contributed by atoms with Gasteiger partial charge in [0.2, 0.25) is 5.91 Å². The maximum atomic E-state index is 12.9. The van der Waals surface area contributed by atoms with E-state index in [4.69, 9.17) is 4.52 Å². The van der Waals surface area contributed by atoms with Crippen molar-refractivity contribution in [1.82, 2.24) is 5.16 Å². The maximum absolute atomic E-state index is 12.9. The number of carbonyl (C=O) groups is 1. The molecule has 1 aromatic carbocycles. The Labute approximate surface area is 135 Å². The van der Waals surface area contributed by atoms with E-state index in [1.54, 1.807) is 13.8 Å². The number of alkyl halides is 2. The Morgan fingerprint density at radius 2 is 2.14 bits per heavy atom. The van der Waals surface area contributed by atoms with Gasteiger partial charge in [0.05, 0.1) is 11.4 Å². The fourth-order valence-corrected chi connectivity index (χ4v) is 2.50. The standard InChI is InChI=1S/C15H15BrF2N2O2/c1-8-11(9(2)22-20-8)5-6-14(21)19-13-7-10(16)3-4-12(13)15(17)18/h3-4,7,15H,5-6H2,1-2H3,(H,19,21). The zero-order valence-electron chi connectivity index (χ0n) is 12.1. The summed E-state index contributed by atoms with van der Waals surface area (Å²) >= 11 is 3.21. The monoisotopic (exact) mass is 372 g/mol. The first-order valence-electron chi connectivity index (χ1n) is 6.67. The minimum atomic E-state index is -2.65. The Hall–Kier alpha value is -1.76. The number of hydrogen-bond donors (Lipinski definition) is 1. The molecule has 1 heterocycles. The molecule has 0 spiro atoms. The fraction of sp³-hybridized carbons (Fsp3) is 0.333. The molecule has 4 nitrogen and oxygen atoms in total. The summed E-state index contributed by atoms with van der Waals surface area (Å²) in [5.41, 5.74) is 1.53. The first kappa shape index (κ1) is 16.6. The topological polar surface area (TPSA) is 55.1 Å². The molecule has 0 fully saturated rings. The molecule has 118 valence electrons. The van der Waals surface area contributed by atoms with Gasteiger partial charge in [-0.3, -0.25) is 4.79 Å². The lowest BCUT2D eigenvalue weighted by Gasteiger charge is -2.11. The smallest absolute Gasteiger partial charge is 0.265 e. The van der Waals surface area contributed by atoms with Crippen molar-refractivity contribution in [2.45, 2.75) is 33.1 Å². The molecule has 0 atom stereocenters. The number of halogens is 3. The van der Waals surface area contributed by atoms with Crippen LogP contribution in [0.5, 0.6) is 0 Å². The molecule has 0 aliphatic carbocycles. The normalized spacial score (nSPS) is 11.0. The van der Waals surface area contributed by atoms with Crippen molar-refractivity contribution in [3.8, 4) is 0 Å². The van der Waals surface area contributed by atoms with E-state index in [2.05, 4.69) is 26.4 Å². The van der Waals surface area contributed by atoms with Crippen molar-refractivity contribution in [1.29, 1.82) is 0 Å². The van der Waals surface area contributed by atoms with E-state index in [0.717, 1.165) is 11.3 Å². The lowest BCUT2D eigenvalue weighted by Crippen LogP contribution is -2.14. The summed E-state index contributed by atoms with van der Waals surface area (Å²) in [6.07, 6.45) is -2.03. The number of nitrogens with one attached hydrogen (secondary N) is 1. The molecule has 0 radical (unpaired) electrons. The third-order valence-electron chi connectivity index (χ3n) is 3.31. The van der Waals surface area contributed by atoms with E-state index >= 15 is 0 Å². The second-order valence-electron chi connectivity index (χ2n) is 4.88. The lowest BCUT2D eigenvalue weighted by molar-refractivity contribution is -0.116. The first-order valence-corrected chi connectivity index (χ1v) is 7.47. The molecule has 0 bridgehead atoms. The number of benzene rings is 1. The van der Waals surface area contributed by atoms with Crippen molar-refractivity contribution >= 4 is 27.5 Å². The Morgan fingerprint density at radius 1 is 1.41 bits per heavy atom. The number of carbonyl (C=O) groups excluding carboxylic acids is 1. The van der Waals surface area contributed by atoms with Gasteiger partial charge in [0.15, 0.2) is 0 Å². The predicted octanol–water partition coefficient (Wildman–Crippen LogP) is 4.56. The van der Waals surface area contributed by atoms with Gasteiger partial charge in [-0.2, -0.15) is 0 Å². The molecule has 1 N–H and O–H groups in total. The van der Waals surface area contributed by atoms with E-state index in [9.17, 15) is 13.6 Å². The number of aryl methyl sites for hydroxylation is 2. The van der Waals surface area contributed by atoms with Crippen LogP contribution in [0.4, 0.5) is 14.5 Å². The largest absolute Gasteiger partial charge is 0.361 e. The molecule has 0 saturated carbocycles. The number of anilines is 1. The summed E-state index contributed by atoms with van der Waals surface area (Å²) in [6.45, 7) is 3.57. The molecule has 1 aromatic heterocycles. The average Bonchev–Trinajstić information content (AvgIpc) is 2.75. The maximum Gasteiger partial charge on any atom is 0.265 e. The SMILES string of the molecule is Cc1noc(C)c1CCC(=O)Nc1cc(Br)ccc1C(F)F. The Balaban J connectivity index is 2.05. The highest BCUT2D eigenvalue weighted by Crippen LogP contribution is 2.30. The summed E-state index contributed by atoms with van der Waals surface area (Å²) in [7, 11) is 0. The van der Waals surface area contributed by atoms with Crippen LogP contribution >= 0.6 is 15.9 Å². The molecule has 0 aliphatic rings. The molecule has 2 rings (SSSR count). The van der Waals surface area contributed by atoms with Gasteiger partial charge in [-0.25, -0.2) is 8.78 Å². The fourth-order valence-electron chi connectivity index (χ4n) is 2.14. The van der Waals surface area contributed by atoms with Crippen LogP contribution in [0.25, 0.3) is 0 Å². The predicted molar refractivity (Wildman–Crippen MR) is 82.0 cm³/mol. The minimum Gasteiger partial charge on any atom is -0.361 e. The number of hydrogen-bond acceptors (Lipinski definition) is 3. The van der Waals surface area contributed by atoms with E-state index < -0.39 is 6.43 Å². The average molecular weight is 373 g/mol. The van der Waals surface area contributed by atoms with E-state index in [1.165, 1.54) is 18.2 Å². The van der Waals surface area contributed by atoms with E-state index in [-0.39, 0.29) is 23.6 Å². The molecule has 22 heavy (non-hydrogen) atoms. The number of aromatic nitrogens is 1. The van der Waals surface area contributed by atoms with Crippen LogP contribution < -0.4 is 5.32 Å². The quantitative estimate of drug-likeness (QED) is 0.836. The van der Waals surface area contributed by atoms with Crippen molar-refractivity contribution in [3.63, 3.8) is 0 Å². The Morgan fingerprint density at radius 3 is 2.73 bits per heavy atom. The van der Waals surface area contributed by atoms with Gasteiger partial charge in [-0.05, 0) is 32.4 Å². The first-order chi connectivity index (χ1) is 10.4. The van der Waals surface area contributed by atoms with Gasteiger partial charge in [-0.1, -0.05) is 27.2 Å². The minimum absolute atomic E-state index is 0.119. The van der Waals surface area contributed by atoms with Crippen LogP contribution in [0, 0.1) is 13.8 Å². The summed E-state index contributed by atoms with van der Waals surface area (Å²) in [4.78, 5) is 12.0. The van der Waals surface area contributed by atoms with Gasteiger partial charge in [0.25, 0.3) is 6.43 Å². The highest BCUT2D eigenvalue weighted by atomic mass is 79.9. The number of amides is 1. The van der Waals surface area contributed by atoms with Crippen LogP contribution in [0.1, 0.15) is 35.4 Å². The van der Waals surface area contributed by atoms with Gasteiger partial charge in [-0.15, -0.1) is 0 Å². The summed E-state index contributed by atoms with van der Waals surface area (Å²) in [6, 6.07) is 4.27. The van der Waals surface area contributed by atoms with Gasteiger partial charge in [0, 0.05) is 22.0 Å². The molecule has 7 heteroatoms. The third-order valence-corrected chi connectivity index (χ3v) is 3.80. The zero-order chi connectivity index (χ0) is 16.3. The number of rotatable bonds is 5. The molecule has 0 aliphatic heterocycles. The van der Waals surface area contributed by atoms with Gasteiger partial charge < -0.3 is 9.84 Å². The Kier molecular flexibility index (Phi) is 5.28. The van der Waals surface area contributed by atoms with Crippen LogP contribution in [0.2, 0.25) is 0 Å². The Bertz CT molecular complexity index is 667. The van der Waals surface area contributed by atoms with E-state index in [0.29, 0.717) is 16.7 Å². The van der Waals surface area contributed by atoms with Gasteiger partial charge in [0.1, 0.15) is 5.76 Å². The third kappa shape index (κ3) is 3.91.